The van der Waals surface area contributed by atoms with Crippen molar-refractivity contribution in [1.29, 1.82) is 0 Å². The zero-order valence-electron chi connectivity index (χ0n) is 16.3. The van der Waals surface area contributed by atoms with E-state index in [0.29, 0.717) is 5.56 Å². The van der Waals surface area contributed by atoms with E-state index >= 15 is 0 Å². The fourth-order valence-electron chi connectivity index (χ4n) is 3.83. The average Bonchev–Trinajstić information content (AvgIpc) is 3.10. The van der Waals surface area contributed by atoms with Gasteiger partial charge in [0.1, 0.15) is 12.4 Å². The topological polar surface area (TPSA) is 58.6 Å². The number of benzene rings is 3. The van der Waals surface area contributed by atoms with E-state index < -0.39 is 11.9 Å². The molecule has 0 bridgehead atoms. The van der Waals surface area contributed by atoms with E-state index in [0.717, 1.165) is 11.1 Å². The van der Waals surface area contributed by atoms with E-state index in [1.165, 1.54) is 17.2 Å². The molecule has 30 heavy (non-hydrogen) atoms. The molecular formula is C25H22FNO3. The Morgan fingerprint density at radius 2 is 1.67 bits per heavy atom. The van der Waals surface area contributed by atoms with Crippen LogP contribution in [0.4, 0.5) is 9.18 Å². The minimum absolute atomic E-state index is 0.00834. The largest absolute Gasteiger partial charge is 0.449 e. The predicted octanol–water partition coefficient (Wildman–Crippen LogP) is 4.87. The summed E-state index contributed by atoms with van der Waals surface area (Å²) in [6.45, 7) is 0.0989. The van der Waals surface area contributed by atoms with E-state index in [1.807, 2.05) is 24.3 Å². The van der Waals surface area contributed by atoms with Crippen LogP contribution < -0.4 is 5.32 Å². The van der Waals surface area contributed by atoms with Gasteiger partial charge in [0, 0.05) is 23.6 Å². The number of alkyl carbamates (subject to hydrolysis) is 1. The van der Waals surface area contributed by atoms with Gasteiger partial charge >= 0.3 is 6.09 Å². The van der Waals surface area contributed by atoms with Crippen LogP contribution in [0.25, 0.3) is 17.2 Å². The van der Waals surface area contributed by atoms with Crippen molar-refractivity contribution in [2.45, 2.75) is 12.5 Å². The lowest BCUT2D eigenvalue weighted by atomic mass is 9.98. The van der Waals surface area contributed by atoms with Crippen molar-refractivity contribution in [3.05, 3.63) is 101 Å². The van der Waals surface area contributed by atoms with Crippen LogP contribution in [-0.2, 0) is 11.3 Å². The molecular weight excluding hydrogens is 381 g/mol. The van der Waals surface area contributed by atoms with Gasteiger partial charge < -0.3 is 15.2 Å². The minimum Gasteiger partial charge on any atom is -0.449 e. The Labute approximate surface area is 174 Å². The van der Waals surface area contributed by atoms with Crippen LogP contribution in [0.2, 0.25) is 0 Å². The smallest absolute Gasteiger partial charge is 0.407 e. The highest BCUT2D eigenvalue weighted by atomic mass is 19.1. The summed E-state index contributed by atoms with van der Waals surface area (Å²) in [6.07, 6.45) is 2.69. The lowest BCUT2D eigenvalue weighted by Crippen LogP contribution is -2.26. The second-order valence-corrected chi connectivity index (χ2v) is 7.09. The molecule has 0 radical (unpaired) electrons. The van der Waals surface area contributed by atoms with Crippen LogP contribution in [0.5, 0.6) is 0 Å². The number of fused-ring (bicyclic) bond motifs is 3. The number of hydrogen-bond acceptors (Lipinski definition) is 3. The summed E-state index contributed by atoms with van der Waals surface area (Å²) in [5.41, 5.74) is 5.27. The Morgan fingerprint density at radius 1 is 1.00 bits per heavy atom. The monoisotopic (exact) mass is 403 g/mol. The van der Waals surface area contributed by atoms with Gasteiger partial charge in [0.25, 0.3) is 0 Å². The number of carbonyl (C=O) groups excluding carboxylic acids is 1. The summed E-state index contributed by atoms with van der Waals surface area (Å²) in [4.78, 5) is 12.1. The molecule has 4 nitrogen and oxygen atoms in total. The van der Waals surface area contributed by atoms with Crippen molar-refractivity contribution in [3.8, 4) is 11.1 Å². The average molecular weight is 403 g/mol. The van der Waals surface area contributed by atoms with Crippen LogP contribution in [0.3, 0.4) is 0 Å². The summed E-state index contributed by atoms with van der Waals surface area (Å²) in [5, 5.41) is 11.8. The molecule has 3 aromatic rings. The number of aliphatic hydroxyl groups is 1. The number of ether oxygens (including phenoxy) is 1. The highest BCUT2D eigenvalue weighted by molar-refractivity contribution is 5.79. The molecule has 2 N–H and O–H groups in total. The van der Waals surface area contributed by atoms with Crippen molar-refractivity contribution in [2.24, 2.45) is 0 Å². The molecule has 0 saturated heterocycles. The fraction of sp³-hybridized carbons (Fsp3) is 0.160. The third-order valence-electron chi connectivity index (χ3n) is 5.28. The molecule has 4 rings (SSSR count). The maximum Gasteiger partial charge on any atom is 0.407 e. The first-order valence-electron chi connectivity index (χ1n) is 9.82. The van der Waals surface area contributed by atoms with Crippen LogP contribution in [0.15, 0.2) is 72.8 Å². The molecule has 0 spiro atoms. The van der Waals surface area contributed by atoms with Gasteiger partial charge in [-0.25, -0.2) is 9.18 Å². The Balaban J connectivity index is 1.34. The number of rotatable bonds is 6. The number of nitrogens with one attached hydrogen (secondary N) is 1. The summed E-state index contributed by atoms with van der Waals surface area (Å²) < 4.78 is 19.5. The van der Waals surface area contributed by atoms with Gasteiger partial charge in [-0.2, -0.15) is 0 Å². The summed E-state index contributed by atoms with van der Waals surface area (Å²) in [6, 6.07) is 21.1. The number of amides is 1. The summed E-state index contributed by atoms with van der Waals surface area (Å²) in [7, 11) is 0. The van der Waals surface area contributed by atoms with Gasteiger partial charge in [-0.15, -0.1) is 0 Å². The molecule has 0 fully saturated rings. The van der Waals surface area contributed by atoms with E-state index in [9.17, 15) is 9.18 Å². The maximum absolute atomic E-state index is 14.1. The normalized spacial score (nSPS) is 12.6. The first-order valence-corrected chi connectivity index (χ1v) is 9.82. The van der Waals surface area contributed by atoms with E-state index in [4.69, 9.17) is 9.84 Å². The third kappa shape index (κ3) is 3.98. The SMILES string of the molecule is O=C(NCC=Cc1cccc(CO)c1F)OCC1c2ccccc2-c2ccccc21. The van der Waals surface area contributed by atoms with E-state index in [2.05, 4.69) is 29.6 Å². The summed E-state index contributed by atoms with van der Waals surface area (Å²) >= 11 is 0. The second-order valence-electron chi connectivity index (χ2n) is 7.09. The number of halogens is 1. The predicted molar refractivity (Wildman–Crippen MR) is 114 cm³/mol. The van der Waals surface area contributed by atoms with Gasteiger partial charge in [0.15, 0.2) is 0 Å². The minimum atomic E-state index is -0.522. The lowest BCUT2D eigenvalue weighted by molar-refractivity contribution is 0.144. The van der Waals surface area contributed by atoms with Crippen LogP contribution in [0, 0.1) is 5.82 Å². The molecule has 0 aliphatic heterocycles. The molecule has 0 atom stereocenters. The van der Waals surface area contributed by atoms with Gasteiger partial charge in [0.05, 0.1) is 6.61 Å². The van der Waals surface area contributed by atoms with Crippen LogP contribution in [0.1, 0.15) is 28.2 Å². The number of aliphatic hydroxyl groups excluding tert-OH is 1. The second kappa shape index (κ2) is 8.93. The van der Waals surface area contributed by atoms with E-state index in [1.54, 1.807) is 24.3 Å². The molecule has 1 aliphatic rings. The molecule has 0 aromatic heterocycles. The Hall–Kier alpha value is -3.44. The first kappa shape index (κ1) is 19.9. The lowest BCUT2D eigenvalue weighted by Gasteiger charge is -2.14. The number of hydrogen-bond donors (Lipinski definition) is 2. The van der Waals surface area contributed by atoms with Gasteiger partial charge in [-0.1, -0.05) is 78.9 Å². The Morgan fingerprint density at radius 3 is 2.33 bits per heavy atom. The van der Waals surface area contributed by atoms with Crippen LogP contribution >= 0.6 is 0 Å². The Kier molecular flexibility index (Phi) is 5.91. The highest BCUT2D eigenvalue weighted by Gasteiger charge is 2.28. The molecule has 152 valence electrons. The van der Waals surface area contributed by atoms with Crippen molar-refractivity contribution in [3.63, 3.8) is 0 Å². The molecule has 5 heteroatoms. The molecule has 0 heterocycles. The highest BCUT2D eigenvalue weighted by Crippen LogP contribution is 2.44. The van der Waals surface area contributed by atoms with Crippen molar-refractivity contribution >= 4 is 12.2 Å². The zero-order chi connectivity index (χ0) is 20.9. The van der Waals surface area contributed by atoms with Crippen molar-refractivity contribution < 1.29 is 19.0 Å². The van der Waals surface area contributed by atoms with Crippen molar-refractivity contribution in [2.75, 3.05) is 13.2 Å². The van der Waals surface area contributed by atoms with Crippen molar-refractivity contribution in [1.82, 2.24) is 5.32 Å². The molecule has 0 saturated carbocycles. The van der Waals surface area contributed by atoms with Crippen LogP contribution in [-0.4, -0.2) is 24.4 Å². The molecule has 3 aromatic carbocycles. The van der Waals surface area contributed by atoms with E-state index in [-0.39, 0.29) is 31.2 Å². The van der Waals surface area contributed by atoms with Gasteiger partial charge in [-0.3, -0.25) is 0 Å². The number of carbonyl (C=O) groups is 1. The maximum atomic E-state index is 14.1. The molecule has 1 amide bonds. The quantitative estimate of drug-likeness (QED) is 0.617. The Bertz CT molecular complexity index is 1050. The first-order chi connectivity index (χ1) is 14.7. The molecule has 0 unspecified atom stereocenters. The van der Waals surface area contributed by atoms with Gasteiger partial charge in [-0.05, 0) is 22.3 Å². The third-order valence-corrected chi connectivity index (χ3v) is 5.28. The fourth-order valence-corrected chi connectivity index (χ4v) is 3.83. The van der Waals surface area contributed by atoms with Gasteiger partial charge in [0.2, 0.25) is 0 Å². The zero-order valence-corrected chi connectivity index (χ0v) is 16.3. The standard InChI is InChI=1S/C25H22FNO3/c26-24-17(7-5-8-18(24)15-28)9-6-14-27-25(29)30-16-23-21-12-3-1-10-19(21)20-11-2-4-13-22(20)23/h1-13,23,28H,14-16H2,(H,27,29). The molecule has 1 aliphatic carbocycles. The summed E-state index contributed by atoms with van der Waals surface area (Å²) in [5.74, 6) is -0.452.